The Bertz CT molecular complexity index is 1230. The van der Waals surface area contributed by atoms with E-state index in [1.54, 1.807) is 6.08 Å². The molecule has 1 spiro atoms. The van der Waals surface area contributed by atoms with Crippen LogP contribution in [-0.2, 0) is 33.3 Å². The molecule has 2 bridgehead atoms. The highest BCUT2D eigenvalue weighted by atomic mass is 16.7. The molecule has 4 aliphatic heterocycles. The van der Waals surface area contributed by atoms with Crippen LogP contribution in [0.15, 0.2) is 47.1 Å². The number of esters is 2. The third-order valence-corrected chi connectivity index (χ3v) is 10.1. The second kappa shape index (κ2) is 13.8. The first-order valence-corrected chi connectivity index (χ1v) is 16.8. The van der Waals surface area contributed by atoms with Crippen molar-refractivity contribution in [3.8, 4) is 0 Å². The van der Waals surface area contributed by atoms with Crippen LogP contribution in [0.25, 0.3) is 0 Å². The van der Waals surface area contributed by atoms with E-state index < -0.39 is 47.6 Å². The third-order valence-electron chi connectivity index (χ3n) is 10.1. The maximum absolute atomic E-state index is 14.2. The molecule has 0 unspecified atom stereocenters. The Labute approximate surface area is 267 Å². The van der Waals surface area contributed by atoms with Crippen LogP contribution >= 0.6 is 0 Å². The lowest BCUT2D eigenvalue weighted by atomic mass is 9.70. The van der Waals surface area contributed by atoms with Gasteiger partial charge in [0, 0.05) is 25.7 Å². The highest BCUT2D eigenvalue weighted by Crippen LogP contribution is 2.47. The third kappa shape index (κ3) is 7.49. The molecule has 250 valence electrons. The zero-order chi connectivity index (χ0) is 32.5. The summed E-state index contributed by atoms with van der Waals surface area (Å²) in [7, 11) is 0. The number of aliphatic hydroxyl groups is 2. The van der Waals surface area contributed by atoms with Gasteiger partial charge in [-0.3, -0.25) is 9.59 Å². The molecule has 0 saturated carbocycles. The Morgan fingerprint density at radius 2 is 1.96 bits per heavy atom. The summed E-state index contributed by atoms with van der Waals surface area (Å²) in [6, 6.07) is 0. The topological polar surface area (TPSA) is 121 Å². The van der Waals surface area contributed by atoms with Crippen molar-refractivity contribution in [3.63, 3.8) is 0 Å². The van der Waals surface area contributed by atoms with Gasteiger partial charge in [-0.1, -0.05) is 63.6 Å². The van der Waals surface area contributed by atoms with Crippen LogP contribution in [0, 0.1) is 23.7 Å². The quantitative estimate of drug-likeness (QED) is 0.324. The first-order chi connectivity index (χ1) is 21.3. The number of fused-ring (bicyclic) bond motifs is 2. The standard InChI is InChI=1S/C36H52O9/c1-21(2)14-31(37)41-19-26-16-30-34(39)43-29-17-28(45-35(18-29)13-12-24(5)25(6)44-35)11-10-23(4)15-22(3)8-7-9-27-20-42-33(32(26)38)36(27,30)40/h7-10,16,21-22,24-25,28-30,32-33,38,40H,11-15,17-20H2,1-6H3/b8-7+,23-10+,27-9+/t22-,24-,25+,28+,29-,30-,32+,33+,35-,36+/m0/s1. The van der Waals surface area contributed by atoms with Crippen LogP contribution in [0.4, 0.5) is 0 Å². The highest BCUT2D eigenvalue weighted by Gasteiger charge is 2.60. The molecule has 9 nitrogen and oxygen atoms in total. The molecule has 5 aliphatic rings. The first-order valence-electron chi connectivity index (χ1n) is 16.8. The van der Waals surface area contributed by atoms with Crippen molar-refractivity contribution in [3.05, 3.63) is 47.1 Å². The van der Waals surface area contributed by atoms with Crippen LogP contribution < -0.4 is 0 Å². The second-order valence-corrected chi connectivity index (χ2v) is 14.5. The monoisotopic (exact) mass is 628 g/mol. The fraction of sp³-hybridized carbons (Fsp3) is 0.722. The van der Waals surface area contributed by atoms with E-state index in [-0.39, 0.29) is 43.7 Å². The van der Waals surface area contributed by atoms with Crippen molar-refractivity contribution in [1.82, 2.24) is 0 Å². The van der Waals surface area contributed by atoms with Crippen molar-refractivity contribution in [2.45, 2.75) is 128 Å². The van der Waals surface area contributed by atoms with E-state index >= 15 is 0 Å². The summed E-state index contributed by atoms with van der Waals surface area (Å²) >= 11 is 0. The molecule has 1 aliphatic carbocycles. The molecule has 3 fully saturated rings. The van der Waals surface area contributed by atoms with Crippen LogP contribution in [0.5, 0.6) is 0 Å². The number of rotatable bonds is 4. The van der Waals surface area contributed by atoms with Crippen molar-refractivity contribution < 1.29 is 43.5 Å². The summed E-state index contributed by atoms with van der Waals surface area (Å²) < 4.78 is 30.9. The molecule has 5 rings (SSSR count). The van der Waals surface area contributed by atoms with Gasteiger partial charge in [0.15, 0.2) is 5.79 Å². The Balaban J connectivity index is 1.50. The van der Waals surface area contributed by atoms with Gasteiger partial charge in [-0.25, -0.2) is 0 Å². The van der Waals surface area contributed by atoms with Crippen molar-refractivity contribution in [2.75, 3.05) is 13.2 Å². The van der Waals surface area contributed by atoms with E-state index in [0.717, 1.165) is 12.8 Å². The lowest BCUT2D eigenvalue weighted by Crippen LogP contribution is -2.58. The predicted molar refractivity (Wildman–Crippen MR) is 168 cm³/mol. The zero-order valence-electron chi connectivity index (χ0n) is 27.7. The molecule has 0 aromatic carbocycles. The largest absolute Gasteiger partial charge is 0.462 e. The Morgan fingerprint density at radius 3 is 2.69 bits per heavy atom. The van der Waals surface area contributed by atoms with Gasteiger partial charge in [0.25, 0.3) is 0 Å². The van der Waals surface area contributed by atoms with Crippen LogP contribution in [0.2, 0.25) is 0 Å². The van der Waals surface area contributed by atoms with E-state index in [0.29, 0.717) is 42.7 Å². The normalized spacial score (nSPS) is 43.8. The Kier molecular flexibility index (Phi) is 10.5. The minimum absolute atomic E-state index is 0.00477. The number of ether oxygens (including phenoxy) is 5. The molecule has 10 atom stereocenters. The average molecular weight is 629 g/mol. The molecule has 3 saturated heterocycles. The number of carbonyl (C=O) groups excluding carboxylic acids is 2. The minimum atomic E-state index is -1.84. The lowest BCUT2D eigenvalue weighted by Gasteiger charge is -2.49. The average Bonchev–Trinajstić information content (AvgIpc) is 3.30. The number of allylic oxidation sites excluding steroid dienone is 4. The molecule has 0 aromatic rings. The Morgan fingerprint density at radius 1 is 1.18 bits per heavy atom. The van der Waals surface area contributed by atoms with Gasteiger partial charge in [0.2, 0.25) is 0 Å². The van der Waals surface area contributed by atoms with Gasteiger partial charge in [-0.15, -0.1) is 0 Å². The van der Waals surface area contributed by atoms with Crippen molar-refractivity contribution in [2.24, 2.45) is 23.7 Å². The molecular weight excluding hydrogens is 576 g/mol. The van der Waals surface area contributed by atoms with E-state index in [4.69, 9.17) is 23.7 Å². The van der Waals surface area contributed by atoms with E-state index in [9.17, 15) is 19.8 Å². The summed E-state index contributed by atoms with van der Waals surface area (Å²) in [5.41, 5.74) is 0.211. The molecular formula is C36H52O9. The van der Waals surface area contributed by atoms with Gasteiger partial charge in [0.05, 0.1) is 18.8 Å². The summed E-state index contributed by atoms with van der Waals surface area (Å²) in [6.07, 6.45) is 10.7. The molecule has 0 aromatic heterocycles. The van der Waals surface area contributed by atoms with Gasteiger partial charge in [-0.05, 0) is 62.0 Å². The number of carbonyl (C=O) groups is 2. The van der Waals surface area contributed by atoms with Crippen LogP contribution in [0.3, 0.4) is 0 Å². The fourth-order valence-electron chi connectivity index (χ4n) is 7.45. The maximum Gasteiger partial charge on any atom is 0.316 e. The second-order valence-electron chi connectivity index (χ2n) is 14.5. The van der Waals surface area contributed by atoms with Gasteiger partial charge in [-0.2, -0.15) is 0 Å². The fourth-order valence-corrected chi connectivity index (χ4v) is 7.45. The first kappa shape index (κ1) is 34.0. The number of hydrogen-bond acceptors (Lipinski definition) is 9. The summed E-state index contributed by atoms with van der Waals surface area (Å²) in [5.74, 6) is -2.30. The molecule has 9 heteroatoms. The highest BCUT2D eigenvalue weighted by molar-refractivity contribution is 5.79. The van der Waals surface area contributed by atoms with Crippen molar-refractivity contribution >= 4 is 11.9 Å². The van der Waals surface area contributed by atoms with Crippen LogP contribution in [0.1, 0.15) is 86.5 Å². The molecule has 4 heterocycles. The number of aliphatic hydroxyl groups excluding tert-OH is 1. The molecule has 45 heavy (non-hydrogen) atoms. The summed E-state index contributed by atoms with van der Waals surface area (Å²) in [4.78, 5) is 26.5. The van der Waals surface area contributed by atoms with Gasteiger partial charge in [0.1, 0.15) is 36.4 Å². The summed E-state index contributed by atoms with van der Waals surface area (Å²) in [5, 5.41) is 23.6. The van der Waals surface area contributed by atoms with Gasteiger partial charge >= 0.3 is 11.9 Å². The molecule has 0 radical (unpaired) electrons. The SMILES string of the molecule is C/C1=C\C[C@@H]2C[C@@H](C[C@]3(CC[C@H](C)[C@@H](C)O3)O2)OC(=O)[C@@H]2C=C(COC(=O)CC(C)C)[C@@H](O)[C@H]3OC/C(=C\C=C\[C@H](C)C1)[C@]32O. The number of hydrogen-bond donors (Lipinski definition) is 2. The van der Waals surface area contributed by atoms with Crippen molar-refractivity contribution in [1.29, 1.82) is 0 Å². The summed E-state index contributed by atoms with van der Waals surface area (Å²) in [6.45, 7) is 12.2. The maximum atomic E-state index is 14.2. The Hall–Kier alpha value is -2.30. The molecule has 2 N–H and O–H groups in total. The van der Waals surface area contributed by atoms with E-state index in [1.165, 1.54) is 11.6 Å². The predicted octanol–water partition coefficient (Wildman–Crippen LogP) is 5.10. The minimum Gasteiger partial charge on any atom is -0.462 e. The van der Waals surface area contributed by atoms with Gasteiger partial charge < -0.3 is 33.9 Å². The zero-order valence-corrected chi connectivity index (χ0v) is 27.7. The van der Waals surface area contributed by atoms with E-state index in [2.05, 4.69) is 39.8 Å². The lowest BCUT2D eigenvalue weighted by molar-refractivity contribution is -0.332. The smallest absolute Gasteiger partial charge is 0.316 e. The van der Waals surface area contributed by atoms with Crippen LogP contribution in [-0.4, -0.2) is 77.3 Å². The molecule has 0 amide bonds. The van der Waals surface area contributed by atoms with E-state index in [1.807, 2.05) is 19.9 Å².